The standard InChI is InChI=1S/C9H15N3O2S2/c1-6(2)4-10-8-11-12-9(16-8)15-5-7(13)14-3/h6H,4-5H2,1-3H3,(H,10,11). The number of carbonyl (C=O) groups excluding carboxylic acids is 1. The molecule has 5 nitrogen and oxygen atoms in total. The molecule has 16 heavy (non-hydrogen) atoms. The molecule has 1 heterocycles. The lowest BCUT2D eigenvalue weighted by Crippen LogP contribution is -2.07. The molecule has 0 atom stereocenters. The Morgan fingerprint density at radius 1 is 1.56 bits per heavy atom. The van der Waals surface area contributed by atoms with Crippen LogP contribution in [-0.2, 0) is 9.53 Å². The Labute approximate surface area is 103 Å². The maximum atomic E-state index is 10.9. The van der Waals surface area contributed by atoms with E-state index < -0.39 is 0 Å². The van der Waals surface area contributed by atoms with E-state index in [0.717, 1.165) is 16.0 Å². The Morgan fingerprint density at radius 2 is 2.31 bits per heavy atom. The maximum absolute atomic E-state index is 10.9. The van der Waals surface area contributed by atoms with Gasteiger partial charge >= 0.3 is 5.97 Å². The summed E-state index contributed by atoms with van der Waals surface area (Å²) in [5.41, 5.74) is 0. The van der Waals surface area contributed by atoms with Gasteiger partial charge in [-0.15, -0.1) is 10.2 Å². The molecule has 0 unspecified atom stereocenters. The van der Waals surface area contributed by atoms with E-state index in [9.17, 15) is 4.79 Å². The van der Waals surface area contributed by atoms with Crippen LogP contribution in [0.5, 0.6) is 0 Å². The minimum atomic E-state index is -0.253. The molecule has 7 heteroatoms. The summed E-state index contributed by atoms with van der Waals surface area (Å²) in [6.07, 6.45) is 0. The molecule has 0 aromatic carbocycles. The number of nitrogens with zero attached hydrogens (tertiary/aromatic N) is 2. The Kier molecular flexibility index (Phi) is 5.54. The van der Waals surface area contributed by atoms with E-state index in [1.54, 1.807) is 0 Å². The number of rotatable bonds is 6. The van der Waals surface area contributed by atoms with Gasteiger partial charge in [0.2, 0.25) is 5.13 Å². The summed E-state index contributed by atoms with van der Waals surface area (Å²) in [7, 11) is 1.37. The molecule has 0 aliphatic rings. The molecule has 90 valence electrons. The molecular weight excluding hydrogens is 246 g/mol. The zero-order valence-corrected chi connectivity index (χ0v) is 11.2. The highest BCUT2D eigenvalue weighted by Gasteiger charge is 2.07. The van der Waals surface area contributed by atoms with Gasteiger partial charge in [0.1, 0.15) is 0 Å². The van der Waals surface area contributed by atoms with Crippen LogP contribution in [0.25, 0.3) is 0 Å². The Bertz CT molecular complexity index is 341. The monoisotopic (exact) mass is 261 g/mol. The van der Waals surface area contributed by atoms with E-state index in [1.165, 1.54) is 30.2 Å². The van der Waals surface area contributed by atoms with Crippen molar-refractivity contribution in [2.75, 3.05) is 24.7 Å². The number of hydrogen-bond donors (Lipinski definition) is 1. The second-order valence-electron chi connectivity index (χ2n) is 3.51. The quantitative estimate of drug-likeness (QED) is 0.623. The Morgan fingerprint density at radius 3 is 2.94 bits per heavy atom. The van der Waals surface area contributed by atoms with E-state index in [4.69, 9.17) is 0 Å². The number of methoxy groups -OCH3 is 1. The third-order valence-corrected chi connectivity index (χ3v) is 3.60. The van der Waals surface area contributed by atoms with Gasteiger partial charge in [0, 0.05) is 6.54 Å². The summed E-state index contributed by atoms with van der Waals surface area (Å²) in [5.74, 6) is 0.585. The summed E-state index contributed by atoms with van der Waals surface area (Å²) in [6.45, 7) is 5.12. The summed E-state index contributed by atoms with van der Waals surface area (Å²) in [6, 6.07) is 0. The van der Waals surface area contributed by atoms with Crippen LogP contribution in [0, 0.1) is 5.92 Å². The normalized spacial score (nSPS) is 10.5. The molecule has 0 saturated heterocycles. The third-order valence-electron chi connectivity index (χ3n) is 1.61. The number of anilines is 1. The summed E-state index contributed by atoms with van der Waals surface area (Å²) in [5, 5.41) is 11.9. The van der Waals surface area contributed by atoms with Gasteiger partial charge in [0.05, 0.1) is 12.9 Å². The van der Waals surface area contributed by atoms with Crippen LogP contribution in [-0.4, -0.2) is 35.6 Å². The van der Waals surface area contributed by atoms with Crippen molar-refractivity contribution in [1.29, 1.82) is 0 Å². The number of hydrogen-bond acceptors (Lipinski definition) is 7. The number of esters is 1. The number of carbonyl (C=O) groups is 1. The molecule has 0 radical (unpaired) electrons. The lowest BCUT2D eigenvalue weighted by Gasteiger charge is -2.03. The highest BCUT2D eigenvalue weighted by Crippen LogP contribution is 2.25. The van der Waals surface area contributed by atoms with E-state index >= 15 is 0 Å². The number of ether oxygens (including phenoxy) is 1. The van der Waals surface area contributed by atoms with Crippen LogP contribution < -0.4 is 5.32 Å². The molecule has 0 bridgehead atoms. The molecule has 1 rings (SSSR count). The minimum absolute atomic E-state index is 0.253. The highest BCUT2D eigenvalue weighted by atomic mass is 32.2. The van der Waals surface area contributed by atoms with Crippen molar-refractivity contribution < 1.29 is 9.53 Å². The van der Waals surface area contributed by atoms with Crippen molar-refractivity contribution in [2.45, 2.75) is 18.2 Å². The third kappa shape index (κ3) is 4.80. The van der Waals surface area contributed by atoms with Crippen LogP contribution in [0.3, 0.4) is 0 Å². The molecule has 0 spiro atoms. The van der Waals surface area contributed by atoms with E-state index in [2.05, 4.69) is 34.1 Å². The van der Waals surface area contributed by atoms with Crippen molar-refractivity contribution in [1.82, 2.24) is 10.2 Å². The fourth-order valence-electron chi connectivity index (χ4n) is 0.811. The SMILES string of the molecule is COC(=O)CSc1nnc(NCC(C)C)s1. The van der Waals surface area contributed by atoms with E-state index in [0.29, 0.717) is 5.92 Å². The zero-order valence-electron chi connectivity index (χ0n) is 9.52. The summed E-state index contributed by atoms with van der Waals surface area (Å²) < 4.78 is 5.31. The lowest BCUT2D eigenvalue weighted by atomic mass is 10.2. The summed E-state index contributed by atoms with van der Waals surface area (Å²) in [4.78, 5) is 10.9. The number of nitrogens with one attached hydrogen (secondary N) is 1. The first kappa shape index (κ1) is 13.2. The molecule has 0 saturated carbocycles. The second kappa shape index (κ2) is 6.70. The minimum Gasteiger partial charge on any atom is -0.468 e. The van der Waals surface area contributed by atoms with Crippen LogP contribution in [0.2, 0.25) is 0 Å². The first-order valence-electron chi connectivity index (χ1n) is 4.88. The first-order chi connectivity index (χ1) is 7.61. The smallest absolute Gasteiger partial charge is 0.316 e. The predicted molar refractivity (Wildman–Crippen MR) is 66.0 cm³/mol. The summed E-state index contributed by atoms with van der Waals surface area (Å²) >= 11 is 2.79. The molecule has 1 aromatic rings. The highest BCUT2D eigenvalue weighted by molar-refractivity contribution is 8.01. The fraction of sp³-hybridized carbons (Fsp3) is 0.667. The van der Waals surface area contributed by atoms with Gasteiger partial charge in [0.25, 0.3) is 0 Å². The van der Waals surface area contributed by atoms with E-state index in [1.807, 2.05) is 0 Å². The molecule has 0 amide bonds. The molecule has 0 aliphatic carbocycles. The van der Waals surface area contributed by atoms with Crippen LogP contribution in [0.4, 0.5) is 5.13 Å². The first-order valence-corrected chi connectivity index (χ1v) is 6.69. The van der Waals surface area contributed by atoms with Crippen molar-refractivity contribution in [3.8, 4) is 0 Å². The molecule has 1 N–H and O–H groups in total. The maximum Gasteiger partial charge on any atom is 0.316 e. The van der Waals surface area contributed by atoms with Gasteiger partial charge < -0.3 is 10.1 Å². The number of aromatic nitrogens is 2. The topological polar surface area (TPSA) is 64.1 Å². The Hall–Kier alpha value is -0.820. The van der Waals surface area contributed by atoms with Crippen LogP contribution in [0.15, 0.2) is 4.34 Å². The molecule has 0 fully saturated rings. The molecule has 1 aromatic heterocycles. The average molecular weight is 261 g/mol. The largest absolute Gasteiger partial charge is 0.468 e. The van der Waals surface area contributed by atoms with Gasteiger partial charge in [-0.1, -0.05) is 36.9 Å². The Balaban J connectivity index is 2.36. The van der Waals surface area contributed by atoms with Crippen molar-refractivity contribution in [3.63, 3.8) is 0 Å². The fourth-order valence-corrected chi connectivity index (χ4v) is 2.40. The van der Waals surface area contributed by atoms with Gasteiger partial charge in [-0.3, -0.25) is 4.79 Å². The average Bonchev–Trinajstić information content (AvgIpc) is 2.71. The van der Waals surface area contributed by atoms with Crippen molar-refractivity contribution >= 4 is 34.2 Å². The van der Waals surface area contributed by atoms with Gasteiger partial charge in [-0.2, -0.15) is 0 Å². The molecular formula is C9H15N3O2S2. The van der Waals surface area contributed by atoms with Gasteiger partial charge in [-0.25, -0.2) is 0 Å². The van der Waals surface area contributed by atoms with Crippen LogP contribution >= 0.6 is 23.1 Å². The van der Waals surface area contributed by atoms with Crippen molar-refractivity contribution in [3.05, 3.63) is 0 Å². The lowest BCUT2D eigenvalue weighted by molar-refractivity contribution is -0.137. The second-order valence-corrected chi connectivity index (χ2v) is 5.71. The van der Waals surface area contributed by atoms with Gasteiger partial charge in [-0.05, 0) is 5.92 Å². The zero-order chi connectivity index (χ0) is 12.0. The molecule has 0 aliphatic heterocycles. The van der Waals surface area contributed by atoms with Crippen LogP contribution in [0.1, 0.15) is 13.8 Å². The van der Waals surface area contributed by atoms with E-state index in [-0.39, 0.29) is 11.7 Å². The predicted octanol–water partition coefficient (Wildman–Crippen LogP) is 1.87. The number of thioether (sulfide) groups is 1. The van der Waals surface area contributed by atoms with Gasteiger partial charge in [0.15, 0.2) is 4.34 Å². The van der Waals surface area contributed by atoms with Crippen molar-refractivity contribution in [2.24, 2.45) is 5.92 Å².